The van der Waals surface area contributed by atoms with Crippen LogP contribution in [0.4, 0.5) is 0 Å². The Morgan fingerprint density at radius 2 is 0.855 bits per heavy atom. The lowest BCUT2D eigenvalue weighted by Gasteiger charge is -2.24. The van der Waals surface area contributed by atoms with Gasteiger partial charge in [0.15, 0.2) is 6.10 Å². The molecule has 10 heteroatoms. The number of rotatable bonds is 43. The van der Waals surface area contributed by atoms with E-state index in [0.717, 1.165) is 19.3 Å². The maximum Gasteiger partial charge on any atom is 0.472 e. The second-order valence-electron chi connectivity index (χ2n) is 17.2. The van der Waals surface area contributed by atoms with Gasteiger partial charge in [0, 0.05) is 13.3 Å². The van der Waals surface area contributed by atoms with Crippen LogP contribution in [0.2, 0.25) is 0 Å². The normalized spacial score (nSPS) is 13.5. The van der Waals surface area contributed by atoms with Crippen molar-refractivity contribution in [3.05, 3.63) is 0 Å². The minimum atomic E-state index is -4.32. The van der Waals surface area contributed by atoms with Crippen molar-refractivity contribution in [1.29, 1.82) is 0 Å². The molecular weight excluding hydrogens is 713 g/mol. The molecule has 0 amide bonds. The van der Waals surface area contributed by atoms with Gasteiger partial charge in [0.2, 0.25) is 0 Å². The predicted molar refractivity (Wildman–Crippen MR) is 229 cm³/mol. The Labute approximate surface area is 340 Å². The molecule has 328 valence electrons. The van der Waals surface area contributed by atoms with Crippen LogP contribution in [0, 0.1) is 0 Å². The van der Waals surface area contributed by atoms with E-state index >= 15 is 0 Å². The molecule has 0 saturated carbocycles. The highest BCUT2D eigenvalue weighted by molar-refractivity contribution is 7.47. The topological polar surface area (TPSA) is 108 Å². The van der Waals surface area contributed by atoms with Gasteiger partial charge >= 0.3 is 19.8 Å². The van der Waals surface area contributed by atoms with Crippen LogP contribution in [-0.4, -0.2) is 74.9 Å². The highest BCUT2D eigenvalue weighted by Crippen LogP contribution is 2.43. The molecule has 0 aliphatic heterocycles. The van der Waals surface area contributed by atoms with Crippen LogP contribution in [-0.2, 0) is 32.7 Å². The van der Waals surface area contributed by atoms with Gasteiger partial charge in [-0.2, -0.15) is 0 Å². The lowest BCUT2D eigenvalue weighted by molar-refractivity contribution is -0.870. The van der Waals surface area contributed by atoms with Crippen LogP contribution in [0.25, 0.3) is 0 Å². The summed E-state index contributed by atoms with van der Waals surface area (Å²) in [4.78, 5) is 33.5. The standard InChI is InChI=1S/C45H90NO8P/c1-6-7-8-9-10-11-12-13-14-15-16-17-18-19-20-21-22-23-24-25-26-27-28-29-30-31-32-33-34-35-36-37-38-45(48)51-41-44(54-43(2)47)42-53-55(49,50)52-40-39-46(3,4)5/h44H,6-42H2,1-5H3/p+1/t44-/m1/s1. The monoisotopic (exact) mass is 805 g/mol. The molecule has 0 saturated heterocycles. The number of hydrogen-bond donors (Lipinski definition) is 1. The summed E-state index contributed by atoms with van der Waals surface area (Å²) in [5.74, 6) is -0.978. The lowest BCUT2D eigenvalue weighted by Crippen LogP contribution is -2.37. The minimum absolute atomic E-state index is 0.0320. The molecule has 0 bridgehead atoms. The van der Waals surface area contributed by atoms with E-state index in [1.165, 1.54) is 193 Å². The Morgan fingerprint density at radius 3 is 1.16 bits per heavy atom. The zero-order chi connectivity index (χ0) is 40.7. The third-order valence-corrected chi connectivity index (χ3v) is 11.4. The number of unbranched alkanes of at least 4 members (excludes halogenated alkanes) is 31. The molecule has 0 spiro atoms. The van der Waals surface area contributed by atoms with E-state index in [1.54, 1.807) is 0 Å². The van der Waals surface area contributed by atoms with Crippen molar-refractivity contribution in [3.8, 4) is 0 Å². The number of phosphoric acid groups is 1. The van der Waals surface area contributed by atoms with Crippen LogP contribution in [0.15, 0.2) is 0 Å². The van der Waals surface area contributed by atoms with Gasteiger partial charge in [0.05, 0.1) is 27.7 Å². The molecule has 0 heterocycles. The molecule has 0 aliphatic carbocycles. The van der Waals surface area contributed by atoms with E-state index in [9.17, 15) is 19.0 Å². The third kappa shape index (κ3) is 44.0. The average Bonchev–Trinajstić information content (AvgIpc) is 3.12. The second kappa shape index (κ2) is 38.5. The van der Waals surface area contributed by atoms with Gasteiger partial charge < -0.3 is 18.9 Å². The third-order valence-electron chi connectivity index (χ3n) is 10.4. The number of esters is 2. The predicted octanol–water partition coefficient (Wildman–Crippen LogP) is 13.2. The molecule has 0 radical (unpaired) electrons. The van der Waals surface area contributed by atoms with Crippen molar-refractivity contribution in [2.24, 2.45) is 0 Å². The van der Waals surface area contributed by atoms with Gasteiger partial charge in [0.1, 0.15) is 19.8 Å². The molecule has 1 unspecified atom stereocenters. The van der Waals surface area contributed by atoms with Gasteiger partial charge in [-0.15, -0.1) is 0 Å². The van der Waals surface area contributed by atoms with E-state index in [1.807, 2.05) is 21.1 Å². The largest absolute Gasteiger partial charge is 0.472 e. The second-order valence-corrected chi connectivity index (χ2v) is 18.7. The Kier molecular flexibility index (Phi) is 37.8. The number of likely N-dealkylation sites (N-methyl/N-ethyl adjacent to an activating group) is 1. The van der Waals surface area contributed by atoms with Gasteiger partial charge in [-0.1, -0.05) is 206 Å². The maximum atomic E-state index is 12.2. The number of hydrogen-bond acceptors (Lipinski definition) is 7. The molecule has 0 aromatic rings. The molecule has 0 aliphatic rings. The summed E-state index contributed by atoms with van der Waals surface area (Å²) in [6.07, 6.45) is 43.0. The fourth-order valence-electron chi connectivity index (χ4n) is 6.90. The van der Waals surface area contributed by atoms with Gasteiger partial charge in [-0.3, -0.25) is 18.6 Å². The summed E-state index contributed by atoms with van der Waals surface area (Å²) >= 11 is 0. The first-order valence-corrected chi connectivity index (χ1v) is 24.7. The smallest absolute Gasteiger partial charge is 0.462 e. The first-order valence-electron chi connectivity index (χ1n) is 23.2. The fraction of sp³-hybridized carbons (Fsp3) is 0.956. The molecule has 0 rings (SSSR count). The summed E-state index contributed by atoms with van der Waals surface area (Å²) in [7, 11) is 1.48. The van der Waals surface area contributed by atoms with Crippen molar-refractivity contribution in [1.82, 2.24) is 0 Å². The number of ether oxygens (including phenoxy) is 2. The van der Waals surface area contributed by atoms with Crippen LogP contribution in [0.5, 0.6) is 0 Å². The number of carbonyl (C=O) groups is 2. The molecule has 9 nitrogen and oxygen atoms in total. The van der Waals surface area contributed by atoms with E-state index in [2.05, 4.69) is 6.92 Å². The van der Waals surface area contributed by atoms with Crippen LogP contribution < -0.4 is 0 Å². The first kappa shape index (κ1) is 54.0. The van der Waals surface area contributed by atoms with Crippen molar-refractivity contribution >= 4 is 19.8 Å². The van der Waals surface area contributed by atoms with Crippen molar-refractivity contribution in [2.45, 2.75) is 232 Å². The molecule has 0 aromatic heterocycles. The lowest BCUT2D eigenvalue weighted by atomic mass is 10.0. The number of phosphoric ester groups is 1. The number of carbonyl (C=O) groups excluding carboxylic acids is 2. The van der Waals surface area contributed by atoms with E-state index < -0.39 is 26.5 Å². The van der Waals surface area contributed by atoms with E-state index in [-0.39, 0.29) is 19.2 Å². The summed E-state index contributed by atoms with van der Waals surface area (Å²) in [5.41, 5.74) is 0. The van der Waals surface area contributed by atoms with Gasteiger partial charge in [-0.05, 0) is 6.42 Å². The van der Waals surface area contributed by atoms with Crippen LogP contribution in [0.1, 0.15) is 226 Å². The Morgan fingerprint density at radius 1 is 0.527 bits per heavy atom. The molecule has 1 N–H and O–H groups in total. The Hall–Kier alpha value is -0.990. The molecule has 2 atom stereocenters. The van der Waals surface area contributed by atoms with E-state index in [4.69, 9.17) is 18.5 Å². The van der Waals surface area contributed by atoms with Crippen molar-refractivity contribution in [3.63, 3.8) is 0 Å². The summed E-state index contributed by atoms with van der Waals surface area (Å²) in [6.45, 7) is 3.41. The quantitative estimate of drug-likeness (QED) is 0.0281. The van der Waals surface area contributed by atoms with E-state index in [0.29, 0.717) is 17.4 Å². The summed E-state index contributed by atoms with van der Waals surface area (Å²) < 4.78 is 33.0. The molecule has 55 heavy (non-hydrogen) atoms. The zero-order valence-electron chi connectivity index (χ0n) is 36.9. The molecular formula is C45H91NO8P+. The van der Waals surface area contributed by atoms with Crippen molar-refractivity contribution < 1.29 is 42.1 Å². The maximum absolute atomic E-state index is 12.2. The highest BCUT2D eigenvalue weighted by Gasteiger charge is 2.26. The average molecular weight is 805 g/mol. The zero-order valence-corrected chi connectivity index (χ0v) is 37.8. The number of nitrogens with zero attached hydrogens (tertiary/aromatic N) is 1. The summed E-state index contributed by atoms with van der Waals surface area (Å²) in [5, 5.41) is 0. The Balaban J connectivity index is 3.48. The molecule has 0 aromatic carbocycles. The van der Waals surface area contributed by atoms with Crippen LogP contribution in [0.3, 0.4) is 0 Å². The summed E-state index contributed by atoms with van der Waals surface area (Å²) in [6, 6.07) is 0. The van der Waals surface area contributed by atoms with Gasteiger partial charge in [-0.25, -0.2) is 4.57 Å². The fourth-order valence-corrected chi connectivity index (χ4v) is 7.64. The Bertz CT molecular complexity index is 912. The number of quaternary nitrogens is 1. The highest BCUT2D eigenvalue weighted by atomic mass is 31.2. The SMILES string of the molecule is CCCCCCCCCCCCCCCCCCCCCCCCCCCCCCCCCCC(=O)OC[C@H](COP(=O)(O)OCC[N+](C)(C)C)OC(C)=O. The first-order chi connectivity index (χ1) is 26.4. The minimum Gasteiger partial charge on any atom is -0.462 e. The van der Waals surface area contributed by atoms with Crippen LogP contribution >= 0.6 is 7.82 Å². The molecule has 0 fully saturated rings. The van der Waals surface area contributed by atoms with Gasteiger partial charge in [0.25, 0.3) is 0 Å². The van der Waals surface area contributed by atoms with Crippen molar-refractivity contribution in [2.75, 3.05) is 47.5 Å².